The number of rotatable bonds is 11. The highest BCUT2D eigenvalue weighted by Gasteiger charge is 1.94. The highest BCUT2D eigenvalue weighted by molar-refractivity contribution is 8.13. The summed E-state index contributed by atoms with van der Waals surface area (Å²) in [5.41, 5.74) is 10.5. The van der Waals surface area contributed by atoms with E-state index in [0.717, 1.165) is 31.6 Å². The molecule has 0 aliphatic carbocycles. The molecule has 110 valence electrons. The van der Waals surface area contributed by atoms with Gasteiger partial charge in [0.2, 0.25) is 0 Å². The van der Waals surface area contributed by atoms with E-state index in [0.29, 0.717) is 5.17 Å². The lowest BCUT2D eigenvalue weighted by Gasteiger charge is -1.99. The summed E-state index contributed by atoms with van der Waals surface area (Å²) in [7, 11) is 0. The van der Waals surface area contributed by atoms with E-state index in [2.05, 4.69) is 17.1 Å². The van der Waals surface area contributed by atoms with E-state index in [1.165, 1.54) is 50.2 Å². The summed E-state index contributed by atoms with van der Waals surface area (Å²) in [6.45, 7) is 0.805. The highest BCUT2D eigenvalue weighted by Crippen LogP contribution is 2.10. The lowest BCUT2D eigenvalue weighted by molar-refractivity contribution is 0.676. The van der Waals surface area contributed by atoms with Crippen molar-refractivity contribution >= 4 is 23.3 Å². The van der Waals surface area contributed by atoms with Gasteiger partial charge in [-0.15, -0.1) is 0 Å². The van der Waals surface area contributed by atoms with Crippen molar-refractivity contribution in [3.8, 4) is 0 Å². The number of unbranched alkanes of at least 4 members (excludes halogenated alkanes) is 6. The predicted octanol–water partition coefficient (Wildman–Crippen LogP) is 3.28. The summed E-state index contributed by atoms with van der Waals surface area (Å²) in [5, 5.41) is 7.71. The van der Waals surface area contributed by atoms with Gasteiger partial charge in [-0.05, 0) is 45.1 Å². The minimum atomic E-state index is 0.308. The third-order valence-corrected chi connectivity index (χ3v) is 3.56. The molecule has 0 aliphatic rings. The molecule has 0 radical (unpaired) electrons. The maximum absolute atomic E-state index is 7.40. The number of amidine groups is 1. The van der Waals surface area contributed by atoms with Gasteiger partial charge in [-0.2, -0.15) is 0 Å². The Labute approximate surface area is 121 Å². The van der Waals surface area contributed by atoms with E-state index < -0.39 is 0 Å². The Morgan fingerprint density at radius 2 is 1.63 bits per heavy atom. The van der Waals surface area contributed by atoms with Crippen LogP contribution in [-0.4, -0.2) is 23.8 Å². The molecule has 0 amide bonds. The Bertz CT molecular complexity index is 264. The number of aliphatic imine (C=N–C) groups is 1. The molecule has 0 aromatic heterocycles. The molecule has 5 N–H and O–H groups in total. The van der Waals surface area contributed by atoms with Crippen molar-refractivity contribution in [2.75, 3.05) is 12.3 Å². The van der Waals surface area contributed by atoms with Gasteiger partial charge >= 0.3 is 0 Å². The molecular weight excluding hydrogens is 256 g/mol. The van der Waals surface area contributed by atoms with Crippen LogP contribution < -0.4 is 11.5 Å². The van der Waals surface area contributed by atoms with E-state index in [9.17, 15) is 0 Å². The first-order valence-electron chi connectivity index (χ1n) is 7.12. The minimum absolute atomic E-state index is 0.308. The van der Waals surface area contributed by atoms with Crippen LogP contribution in [0.4, 0.5) is 0 Å². The predicted molar refractivity (Wildman–Crippen MR) is 88.0 cm³/mol. The van der Waals surface area contributed by atoms with Crippen molar-refractivity contribution in [3.63, 3.8) is 0 Å². The van der Waals surface area contributed by atoms with Gasteiger partial charge in [0, 0.05) is 5.75 Å². The average molecular weight is 284 g/mol. The molecule has 0 aromatic rings. The Kier molecular flexibility index (Phi) is 14.6. The zero-order valence-electron chi connectivity index (χ0n) is 11.8. The maximum atomic E-state index is 7.40. The third-order valence-electron chi connectivity index (χ3n) is 2.69. The fourth-order valence-corrected chi connectivity index (χ4v) is 2.31. The van der Waals surface area contributed by atoms with Crippen molar-refractivity contribution in [1.29, 1.82) is 5.41 Å². The molecule has 0 spiro atoms. The summed E-state index contributed by atoms with van der Waals surface area (Å²) in [4.78, 5) is 3.70. The fourth-order valence-electron chi connectivity index (χ4n) is 1.63. The third kappa shape index (κ3) is 15.1. The molecule has 0 aromatic carbocycles. The molecule has 5 heteroatoms. The zero-order chi connectivity index (χ0) is 14.2. The van der Waals surface area contributed by atoms with Crippen LogP contribution in [0.3, 0.4) is 0 Å². The Hall–Kier alpha value is -0.810. The van der Waals surface area contributed by atoms with Crippen molar-refractivity contribution in [1.82, 2.24) is 0 Å². The second-order valence-electron chi connectivity index (χ2n) is 4.39. The number of nitrogens with one attached hydrogen (secondary N) is 1. The number of allylic oxidation sites excluding steroid dienone is 2. The van der Waals surface area contributed by atoms with Gasteiger partial charge in [0.25, 0.3) is 0 Å². The largest absolute Gasteiger partial charge is 0.390 e. The maximum Gasteiger partial charge on any atom is 0.181 e. The summed E-state index contributed by atoms with van der Waals surface area (Å²) >= 11 is 1.46. The van der Waals surface area contributed by atoms with E-state index >= 15 is 0 Å². The quantitative estimate of drug-likeness (QED) is 0.235. The van der Waals surface area contributed by atoms with Gasteiger partial charge in [-0.3, -0.25) is 5.41 Å². The summed E-state index contributed by atoms with van der Waals surface area (Å²) in [6.07, 6.45) is 15.3. The molecule has 0 aliphatic heterocycles. The van der Waals surface area contributed by atoms with E-state index in [1.54, 1.807) is 0 Å². The van der Waals surface area contributed by atoms with Crippen LogP contribution in [0.5, 0.6) is 0 Å². The fraction of sp³-hybridized carbons (Fsp3) is 0.714. The van der Waals surface area contributed by atoms with Crippen LogP contribution in [-0.2, 0) is 0 Å². The first kappa shape index (κ1) is 18.2. The molecule has 0 saturated carbocycles. The van der Waals surface area contributed by atoms with Crippen LogP contribution in [0.2, 0.25) is 0 Å². The zero-order valence-corrected chi connectivity index (χ0v) is 12.6. The molecule has 0 saturated heterocycles. The Morgan fingerprint density at radius 1 is 1.00 bits per heavy atom. The van der Waals surface area contributed by atoms with Crippen molar-refractivity contribution < 1.29 is 0 Å². The number of nitrogens with two attached hydrogens (primary N) is 2. The second-order valence-corrected chi connectivity index (χ2v) is 5.47. The van der Waals surface area contributed by atoms with Gasteiger partial charge in [0.1, 0.15) is 0 Å². The second kappa shape index (κ2) is 15.2. The number of nitrogens with zero attached hydrogens (tertiary/aromatic N) is 1. The molecule has 4 nitrogen and oxygen atoms in total. The van der Waals surface area contributed by atoms with Gasteiger partial charge in [-0.25, -0.2) is 4.99 Å². The topological polar surface area (TPSA) is 88.2 Å². The molecule has 0 bridgehead atoms. The van der Waals surface area contributed by atoms with Crippen molar-refractivity contribution in [3.05, 3.63) is 12.2 Å². The number of hydrogen-bond acceptors (Lipinski definition) is 3. The smallest absolute Gasteiger partial charge is 0.181 e. The highest BCUT2D eigenvalue weighted by atomic mass is 32.2. The number of hydrogen-bond donors (Lipinski definition) is 3. The van der Waals surface area contributed by atoms with Crippen molar-refractivity contribution in [2.24, 2.45) is 16.5 Å². The SMILES string of the molecule is N=C(N=CN)SCCCCCC/C=C\CCCCN. The molecule has 0 rings (SSSR count). The normalized spacial score (nSPS) is 11.6. The summed E-state index contributed by atoms with van der Waals surface area (Å²) in [5.74, 6) is 0.963. The molecule has 0 heterocycles. The van der Waals surface area contributed by atoms with Gasteiger partial charge < -0.3 is 11.5 Å². The summed E-state index contributed by atoms with van der Waals surface area (Å²) < 4.78 is 0. The number of thioether (sulfide) groups is 1. The first-order chi connectivity index (χ1) is 9.31. The van der Waals surface area contributed by atoms with E-state index in [1.807, 2.05) is 0 Å². The van der Waals surface area contributed by atoms with Crippen LogP contribution in [0.1, 0.15) is 51.4 Å². The molecule has 19 heavy (non-hydrogen) atoms. The molecule has 0 fully saturated rings. The van der Waals surface area contributed by atoms with Gasteiger partial charge in [0.15, 0.2) is 5.17 Å². The van der Waals surface area contributed by atoms with E-state index in [-0.39, 0.29) is 0 Å². The standard InChI is InChI=1S/C14H28N4S/c15-11-9-7-5-3-1-2-4-6-8-10-12-19-14(17)18-13-16/h1,3,13H,2,4-12,15H2,(H3,16,17,18)/b3-1-. The lowest BCUT2D eigenvalue weighted by atomic mass is 10.1. The van der Waals surface area contributed by atoms with Crippen molar-refractivity contribution in [2.45, 2.75) is 51.4 Å². The average Bonchev–Trinajstić information content (AvgIpc) is 2.40. The Morgan fingerprint density at radius 3 is 2.26 bits per heavy atom. The monoisotopic (exact) mass is 284 g/mol. The summed E-state index contributed by atoms with van der Waals surface area (Å²) in [6, 6.07) is 0. The molecule has 0 atom stereocenters. The Balaban J connectivity index is 3.16. The van der Waals surface area contributed by atoms with Gasteiger partial charge in [-0.1, -0.05) is 36.8 Å². The lowest BCUT2D eigenvalue weighted by Crippen LogP contribution is -1.96. The minimum Gasteiger partial charge on any atom is -0.390 e. The van der Waals surface area contributed by atoms with Gasteiger partial charge in [0.05, 0.1) is 6.34 Å². The van der Waals surface area contributed by atoms with Crippen LogP contribution in [0, 0.1) is 5.41 Å². The van der Waals surface area contributed by atoms with Crippen LogP contribution in [0.25, 0.3) is 0 Å². The molecule has 0 unspecified atom stereocenters. The first-order valence-corrected chi connectivity index (χ1v) is 8.10. The van der Waals surface area contributed by atoms with E-state index in [4.69, 9.17) is 16.9 Å². The van der Waals surface area contributed by atoms with Crippen LogP contribution >= 0.6 is 11.8 Å². The molecular formula is C14H28N4S. The van der Waals surface area contributed by atoms with Crippen LogP contribution in [0.15, 0.2) is 17.1 Å².